The first-order chi connectivity index (χ1) is 9.90. The van der Waals surface area contributed by atoms with E-state index in [9.17, 15) is 18.0 Å². The topological polar surface area (TPSA) is 26.3 Å². The SMILES string of the molecule is COC(=O)C[C@H]1CC[C@H](c2ccc(C(F)(F)F)cc2)CC1. The standard InChI is InChI=1S/C16H19F3O2/c1-21-15(20)10-11-2-4-12(5-3-11)13-6-8-14(9-7-13)16(17,18)19/h6-9,11-12H,2-5,10H2,1H3/t11-,12-. The largest absolute Gasteiger partial charge is 0.469 e. The van der Waals surface area contributed by atoms with Crippen molar-refractivity contribution >= 4 is 5.97 Å². The Labute approximate surface area is 122 Å². The molecule has 0 N–H and O–H groups in total. The molecule has 0 aromatic heterocycles. The van der Waals surface area contributed by atoms with Crippen molar-refractivity contribution in [1.82, 2.24) is 0 Å². The summed E-state index contributed by atoms with van der Waals surface area (Å²) in [6.07, 6.45) is -0.186. The first-order valence-electron chi connectivity index (χ1n) is 7.14. The highest BCUT2D eigenvalue weighted by Crippen LogP contribution is 2.38. The minimum absolute atomic E-state index is 0.187. The second kappa shape index (κ2) is 6.50. The van der Waals surface area contributed by atoms with Crippen LogP contribution in [-0.2, 0) is 15.7 Å². The molecule has 21 heavy (non-hydrogen) atoms. The number of carbonyl (C=O) groups excluding carboxylic acids is 1. The van der Waals surface area contributed by atoms with Gasteiger partial charge in [-0.3, -0.25) is 4.79 Å². The molecule has 2 nitrogen and oxygen atoms in total. The van der Waals surface area contributed by atoms with Crippen LogP contribution in [0.2, 0.25) is 0 Å². The van der Waals surface area contributed by atoms with Crippen molar-refractivity contribution in [1.29, 1.82) is 0 Å². The third kappa shape index (κ3) is 4.22. The van der Waals surface area contributed by atoms with Gasteiger partial charge in [0, 0.05) is 6.42 Å². The molecule has 1 aliphatic rings. The van der Waals surface area contributed by atoms with Crippen molar-refractivity contribution in [3.8, 4) is 0 Å². The number of rotatable bonds is 3. The van der Waals surface area contributed by atoms with Gasteiger partial charge in [0.25, 0.3) is 0 Å². The number of ether oxygens (including phenoxy) is 1. The molecule has 0 heterocycles. The maximum atomic E-state index is 12.5. The van der Waals surface area contributed by atoms with E-state index < -0.39 is 11.7 Å². The van der Waals surface area contributed by atoms with Gasteiger partial charge >= 0.3 is 12.1 Å². The number of carbonyl (C=O) groups is 1. The van der Waals surface area contributed by atoms with E-state index in [2.05, 4.69) is 4.74 Å². The van der Waals surface area contributed by atoms with E-state index in [1.807, 2.05) is 0 Å². The molecular formula is C16H19F3O2. The van der Waals surface area contributed by atoms with Crippen LogP contribution in [0.5, 0.6) is 0 Å². The molecule has 1 aromatic carbocycles. The van der Waals surface area contributed by atoms with Crippen molar-refractivity contribution < 1.29 is 22.7 Å². The van der Waals surface area contributed by atoms with Gasteiger partial charge in [-0.1, -0.05) is 12.1 Å². The summed E-state index contributed by atoms with van der Waals surface area (Å²) in [4.78, 5) is 11.2. The Balaban J connectivity index is 1.92. The molecule has 0 atom stereocenters. The third-order valence-corrected chi connectivity index (χ3v) is 4.24. The summed E-state index contributed by atoms with van der Waals surface area (Å²) < 4.78 is 42.2. The summed E-state index contributed by atoms with van der Waals surface area (Å²) >= 11 is 0. The number of alkyl halides is 3. The number of halogens is 3. The van der Waals surface area contributed by atoms with Gasteiger partial charge in [-0.15, -0.1) is 0 Å². The van der Waals surface area contributed by atoms with Crippen LogP contribution < -0.4 is 0 Å². The summed E-state index contributed by atoms with van der Waals surface area (Å²) in [5.74, 6) is 0.442. The van der Waals surface area contributed by atoms with Crippen molar-refractivity contribution in [2.45, 2.75) is 44.2 Å². The van der Waals surface area contributed by atoms with Crippen molar-refractivity contribution in [3.05, 3.63) is 35.4 Å². The molecule has 1 saturated carbocycles. The summed E-state index contributed by atoms with van der Waals surface area (Å²) in [7, 11) is 1.39. The van der Waals surface area contributed by atoms with E-state index in [0.29, 0.717) is 18.3 Å². The van der Waals surface area contributed by atoms with E-state index in [4.69, 9.17) is 0 Å². The summed E-state index contributed by atoms with van der Waals surface area (Å²) in [6.45, 7) is 0. The lowest BCUT2D eigenvalue weighted by Crippen LogP contribution is -2.17. The number of benzene rings is 1. The fourth-order valence-electron chi connectivity index (χ4n) is 2.96. The van der Waals surface area contributed by atoms with Crippen LogP contribution in [0.3, 0.4) is 0 Å². The Hall–Kier alpha value is -1.52. The van der Waals surface area contributed by atoms with Crippen LogP contribution in [0.15, 0.2) is 24.3 Å². The molecule has 0 saturated heterocycles. The number of hydrogen-bond acceptors (Lipinski definition) is 2. The molecule has 0 amide bonds. The number of methoxy groups -OCH3 is 1. The molecule has 1 aliphatic carbocycles. The zero-order valence-electron chi connectivity index (χ0n) is 12.0. The first kappa shape index (κ1) is 15.9. The Morgan fingerprint density at radius 1 is 1.14 bits per heavy atom. The predicted octanol–water partition coefficient (Wildman–Crippen LogP) is 4.54. The highest BCUT2D eigenvalue weighted by Gasteiger charge is 2.30. The zero-order valence-corrected chi connectivity index (χ0v) is 12.0. The minimum Gasteiger partial charge on any atom is -0.469 e. The lowest BCUT2D eigenvalue weighted by atomic mass is 9.77. The fourth-order valence-corrected chi connectivity index (χ4v) is 2.96. The quantitative estimate of drug-likeness (QED) is 0.766. The molecule has 1 aromatic rings. The summed E-state index contributed by atoms with van der Waals surface area (Å²) in [5, 5.41) is 0. The second-order valence-electron chi connectivity index (χ2n) is 5.62. The average molecular weight is 300 g/mol. The minimum atomic E-state index is -4.28. The van der Waals surface area contributed by atoms with Crippen LogP contribution in [-0.4, -0.2) is 13.1 Å². The van der Waals surface area contributed by atoms with Crippen LogP contribution in [0.1, 0.15) is 49.1 Å². The zero-order chi connectivity index (χ0) is 15.5. The van der Waals surface area contributed by atoms with Crippen molar-refractivity contribution in [2.24, 2.45) is 5.92 Å². The van der Waals surface area contributed by atoms with E-state index in [0.717, 1.165) is 43.4 Å². The predicted molar refractivity (Wildman–Crippen MR) is 72.8 cm³/mol. The van der Waals surface area contributed by atoms with Gasteiger partial charge in [0.05, 0.1) is 12.7 Å². The lowest BCUT2D eigenvalue weighted by molar-refractivity contribution is -0.142. The van der Waals surface area contributed by atoms with Crippen molar-refractivity contribution in [2.75, 3.05) is 7.11 Å². The highest BCUT2D eigenvalue weighted by atomic mass is 19.4. The first-order valence-corrected chi connectivity index (χ1v) is 7.14. The maximum Gasteiger partial charge on any atom is 0.416 e. The normalized spacial score (nSPS) is 22.9. The Bertz CT molecular complexity index is 471. The Kier molecular flexibility index (Phi) is 4.91. The number of hydrogen-bond donors (Lipinski definition) is 0. The van der Waals surface area contributed by atoms with E-state index in [1.165, 1.54) is 7.11 Å². The number of esters is 1. The van der Waals surface area contributed by atoms with Gasteiger partial charge in [0.1, 0.15) is 0 Å². The Morgan fingerprint density at radius 2 is 1.71 bits per heavy atom. The summed E-state index contributed by atoms with van der Waals surface area (Å²) in [6, 6.07) is 5.45. The van der Waals surface area contributed by atoms with Gasteiger partial charge in [-0.2, -0.15) is 13.2 Å². The molecule has 116 valence electrons. The third-order valence-electron chi connectivity index (χ3n) is 4.24. The van der Waals surface area contributed by atoms with Gasteiger partial charge in [0.2, 0.25) is 0 Å². The van der Waals surface area contributed by atoms with E-state index in [-0.39, 0.29) is 5.97 Å². The molecule has 0 radical (unpaired) electrons. The second-order valence-corrected chi connectivity index (χ2v) is 5.62. The van der Waals surface area contributed by atoms with E-state index in [1.54, 1.807) is 12.1 Å². The molecule has 0 bridgehead atoms. The highest BCUT2D eigenvalue weighted by molar-refractivity contribution is 5.69. The molecular weight excluding hydrogens is 281 g/mol. The molecule has 0 unspecified atom stereocenters. The molecule has 1 fully saturated rings. The van der Waals surface area contributed by atoms with Crippen LogP contribution in [0, 0.1) is 5.92 Å². The smallest absolute Gasteiger partial charge is 0.416 e. The van der Waals surface area contributed by atoms with Gasteiger partial charge in [0.15, 0.2) is 0 Å². The molecule has 0 aliphatic heterocycles. The maximum absolute atomic E-state index is 12.5. The Morgan fingerprint density at radius 3 is 2.19 bits per heavy atom. The fraction of sp³-hybridized carbons (Fsp3) is 0.562. The van der Waals surface area contributed by atoms with Crippen LogP contribution in [0.25, 0.3) is 0 Å². The van der Waals surface area contributed by atoms with Gasteiger partial charge < -0.3 is 4.74 Å². The molecule has 5 heteroatoms. The van der Waals surface area contributed by atoms with E-state index >= 15 is 0 Å². The van der Waals surface area contributed by atoms with Crippen LogP contribution >= 0.6 is 0 Å². The molecule has 0 spiro atoms. The monoisotopic (exact) mass is 300 g/mol. The van der Waals surface area contributed by atoms with Gasteiger partial charge in [-0.05, 0) is 55.2 Å². The summed E-state index contributed by atoms with van der Waals surface area (Å²) in [5.41, 5.74) is 0.352. The molecule has 2 rings (SSSR count). The average Bonchev–Trinajstić information content (AvgIpc) is 2.47. The van der Waals surface area contributed by atoms with Crippen LogP contribution in [0.4, 0.5) is 13.2 Å². The van der Waals surface area contributed by atoms with Gasteiger partial charge in [-0.25, -0.2) is 0 Å². The lowest BCUT2D eigenvalue weighted by Gasteiger charge is -2.28. The van der Waals surface area contributed by atoms with Crippen molar-refractivity contribution in [3.63, 3.8) is 0 Å².